The van der Waals surface area contributed by atoms with Gasteiger partial charge in [-0.3, -0.25) is 14.4 Å². The molecule has 1 amide bonds. The van der Waals surface area contributed by atoms with Gasteiger partial charge in [0.1, 0.15) is 0 Å². The van der Waals surface area contributed by atoms with Crippen LogP contribution in [0.5, 0.6) is 17.2 Å². The number of nitrogens with one attached hydrogen (secondary N) is 1. The molecule has 2 aromatic rings. The molecule has 2 aliphatic rings. The Balaban J connectivity index is 1.95. The Morgan fingerprint density at radius 2 is 1.48 bits per heavy atom. The third kappa shape index (κ3) is 2.86. The first-order valence-corrected chi connectivity index (χ1v) is 9.02. The maximum Gasteiger partial charge on any atom is 0.233 e. The normalized spacial score (nSPS) is 18.0. The summed E-state index contributed by atoms with van der Waals surface area (Å²) in [5, 5.41) is 2.79. The van der Waals surface area contributed by atoms with Crippen molar-refractivity contribution in [3.8, 4) is 17.2 Å². The Morgan fingerprint density at radius 1 is 0.862 bits per heavy atom. The Kier molecular flexibility index (Phi) is 4.58. The van der Waals surface area contributed by atoms with E-state index in [0.29, 0.717) is 39.6 Å². The molecule has 7 heteroatoms. The molecule has 148 valence electrons. The van der Waals surface area contributed by atoms with Crippen LogP contribution < -0.4 is 19.5 Å². The van der Waals surface area contributed by atoms with Crippen LogP contribution in [0.15, 0.2) is 42.0 Å². The Hall–Kier alpha value is -3.61. The topological polar surface area (TPSA) is 90.9 Å². The Bertz CT molecular complexity index is 1060. The Labute approximate surface area is 167 Å². The molecule has 1 aliphatic carbocycles. The van der Waals surface area contributed by atoms with Crippen LogP contribution in [0, 0.1) is 0 Å². The van der Waals surface area contributed by atoms with Crippen LogP contribution in [0.25, 0.3) is 5.70 Å². The van der Waals surface area contributed by atoms with Crippen molar-refractivity contribution in [2.75, 3.05) is 21.3 Å². The van der Waals surface area contributed by atoms with E-state index in [-0.39, 0.29) is 17.9 Å². The lowest BCUT2D eigenvalue weighted by Gasteiger charge is -2.32. The molecule has 0 saturated heterocycles. The van der Waals surface area contributed by atoms with Crippen LogP contribution in [0.1, 0.15) is 33.8 Å². The number of allylic oxidation sites excluding steroid dienone is 1. The number of methoxy groups -OCH3 is 3. The SMILES string of the molecule is COc1cc(C2CC(=O)NC3=C2C(=O)C(=O)c2ccccc23)cc(OC)c1OC. The highest BCUT2D eigenvalue weighted by Crippen LogP contribution is 2.45. The summed E-state index contributed by atoms with van der Waals surface area (Å²) in [5.41, 5.74) is 2.14. The number of hydrogen-bond acceptors (Lipinski definition) is 6. The van der Waals surface area contributed by atoms with Gasteiger partial charge in [0.25, 0.3) is 0 Å². The summed E-state index contributed by atoms with van der Waals surface area (Å²) in [5.74, 6) is -0.818. The van der Waals surface area contributed by atoms with Gasteiger partial charge in [-0.25, -0.2) is 0 Å². The van der Waals surface area contributed by atoms with Crippen molar-refractivity contribution in [1.82, 2.24) is 5.32 Å². The van der Waals surface area contributed by atoms with E-state index in [1.807, 2.05) is 0 Å². The van der Waals surface area contributed by atoms with Gasteiger partial charge in [-0.2, -0.15) is 0 Å². The van der Waals surface area contributed by atoms with E-state index in [4.69, 9.17) is 14.2 Å². The zero-order valence-corrected chi connectivity index (χ0v) is 16.2. The van der Waals surface area contributed by atoms with Crippen LogP contribution in [0.4, 0.5) is 0 Å². The molecule has 0 saturated carbocycles. The first kappa shape index (κ1) is 18.7. The first-order valence-electron chi connectivity index (χ1n) is 9.02. The molecule has 1 heterocycles. The minimum absolute atomic E-state index is 0.0264. The molecule has 1 N–H and O–H groups in total. The van der Waals surface area contributed by atoms with Gasteiger partial charge in [0.2, 0.25) is 23.2 Å². The second kappa shape index (κ2) is 7.09. The van der Waals surface area contributed by atoms with Crippen LogP contribution >= 0.6 is 0 Å². The van der Waals surface area contributed by atoms with Crippen LogP contribution in [0.3, 0.4) is 0 Å². The molecule has 7 nitrogen and oxygen atoms in total. The number of Topliss-reactive ketones (excluding diaryl/α,β-unsaturated/α-hetero) is 2. The van der Waals surface area contributed by atoms with Gasteiger partial charge >= 0.3 is 0 Å². The number of fused-ring (bicyclic) bond motifs is 2. The van der Waals surface area contributed by atoms with Gasteiger partial charge in [0.05, 0.1) is 27.0 Å². The zero-order valence-electron chi connectivity index (χ0n) is 16.2. The fourth-order valence-corrected chi connectivity index (χ4v) is 3.93. The molecule has 1 aliphatic heterocycles. The number of ketones is 2. The number of carbonyl (C=O) groups is 3. The summed E-state index contributed by atoms with van der Waals surface area (Å²) in [6.07, 6.45) is 0.0264. The van der Waals surface area contributed by atoms with Crippen LogP contribution in [-0.2, 0) is 9.59 Å². The predicted octanol–water partition coefficient (Wildman–Crippen LogP) is 2.49. The van der Waals surface area contributed by atoms with Crippen LogP contribution in [0.2, 0.25) is 0 Å². The summed E-state index contributed by atoms with van der Waals surface area (Å²) in [6.45, 7) is 0. The average molecular weight is 393 g/mol. The largest absolute Gasteiger partial charge is 0.493 e. The fourth-order valence-electron chi connectivity index (χ4n) is 3.93. The van der Waals surface area contributed by atoms with Crippen molar-refractivity contribution < 1.29 is 28.6 Å². The maximum atomic E-state index is 13.0. The number of benzene rings is 2. The molecule has 1 atom stereocenters. The van der Waals surface area contributed by atoms with E-state index in [9.17, 15) is 14.4 Å². The van der Waals surface area contributed by atoms with Gasteiger partial charge in [0.15, 0.2) is 11.5 Å². The Morgan fingerprint density at radius 3 is 2.07 bits per heavy atom. The summed E-state index contributed by atoms with van der Waals surface area (Å²) in [7, 11) is 4.48. The van der Waals surface area contributed by atoms with E-state index in [2.05, 4.69) is 5.32 Å². The highest BCUT2D eigenvalue weighted by Gasteiger charge is 2.41. The minimum Gasteiger partial charge on any atom is -0.493 e. The molecule has 0 radical (unpaired) electrons. The fraction of sp³-hybridized carbons (Fsp3) is 0.227. The van der Waals surface area contributed by atoms with E-state index >= 15 is 0 Å². The lowest BCUT2D eigenvalue weighted by molar-refractivity contribution is -0.120. The zero-order chi connectivity index (χ0) is 20.7. The highest BCUT2D eigenvalue weighted by molar-refractivity contribution is 6.53. The van der Waals surface area contributed by atoms with Gasteiger partial charge in [-0.1, -0.05) is 24.3 Å². The summed E-state index contributed by atoms with van der Waals surface area (Å²) in [4.78, 5) is 38.2. The minimum atomic E-state index is -0.614. The molecule has 0 fully saturated rings. The molecule has 1 unspecified atom stereocenters. The second-order valence-electron chi connectivity index (χ2n) is 6.76. The summed E-state index contributed by atoms with van der Waals surface area (Å²) >= 11 is 0. The summed E-state index contributed by atoms with van der Waals surface area (Å²) < 4.78 is 16.2. The van der Waals surface area contributed by atoms with Crippen molar-refractivity contribution >= 4 is 23.2 Å². The third-order valence-corrected chi connectivity index (χ3v) is 5.25. The third-order valence-electron chi connectivity index (χ3n) is 5.25. The molecular weight excluding hydrogens is 374 g/mol. The van der Waals surface area contributed by atoms with E-state index in [0.717, 1.165) is 0 Å². The lowest BCUT2D eigenvalue weighted by atomic mass is 9.75. The van der Waals surface area contributed by atoms with Crippen molar-refractivity contribution in [3.05, 3.63) is 58.7 Å². The highest BCUT2D eigenvalue weighted by atomic mass is 16.5. The van der Waals surface area contributed by atoms with E-state index in [1.54, 1.807) is 36.4 Å². The van der Waals surface area contributed by atoms with Crippen molar-refractivity contribution in [3.63, 3.8) is 0 Å². The average Bonchev–Trinajstić information content (AvgIpc) is 2.75. The quantitative estimate of drug-likeness (QED) is 0.803. The van der Waals surface area contributed by atoms with Crippen molar-refractivity contribution in [1.29, 1.82) is 0 Å². The number of rotatable bonds is 4. The number of ether oxygens (including phenoxy) is 3. The first-order chi connectivity index (χ1) is 14.0. The van der Waals surface area contributed by atoms with Gasteiger partial charge in [0, 0.05) is 29.0 Å². The smallest absolute Gasteiger partial charge is 0.233 e. The summed E-state index contributed by atoms with van der Waals surface area (Å²) in [6, 6.07) is 10.2. The molecule has 2 aromatic carbocycles. The van der Waals surface area contributed by atoms with Crippen molar-refractivity contribution in [2.45, 2.75) is 12.3 Å². The number of carbonyl (C=O) groups excluding carboxylic acids is 3. The van der Waals surface area contributed by atoms with Crippen LogP contribution in [-0.4, -0.2) is 38.8 Å². The number of amides is 1. The molecule has 0 bridgehead atoms. The standard InChI is InChI=1S/C22H19NO6/c1-27-15-8-11(9-16(28-2)22(15)29-3)14-10-17(24)23-19-12-6-4-5-7-13(12)20(25)21(26)18(14)19/h4-9,14H,10H2,1-3H3,(H,23,24). The molecule has 0 aromatic heterocycles. The number of hydrogen-bond donors (Lipinski definition) is 1. The molecule has 0 spiro atoms. The lowest BCUT2D eigenvalue weighted by Crippen LogP contribution is -2.39. The molecule has 4 rings (SSSR count). The van der Waals surface area contributed by atoms with Gasteiger partial charge in [-0.05, 0) is 17.7 Å². The molecule has 29 heavy (non-hydrogen) atoms. The van der Waals surface area contributed by atoms with E-state index < -0.39 is 17.5 Å². The monoisotopic (exact) mass is 393 g/mol. The van der Waals surface area contributed by atoms with E-state index in [1.165, 1.54) is 21.3 Å². The maximum absolute atomic E-state index is 13.0. The molecular formula is C22H19NO6. The predicted molar refractivity (Wildman–Crippen MR) is 104 cm³/mol. The second-order valence-corrected chi connectivity index (χ2v) is 6.76. The van der Waals surface area contributed by atoms with Gasteiger partial charge < -0.3 is 19.5 Å². The van der Waals surface area contributed by atoms with Gasteiger partial charge in [-0.15, -0.1) is 0 Å². The van der Waals surface area contributed by atoms with Crippen molar-refractivity contribution in [2.24, 2.45) is 0 Å².